The van der Waals surface area contributed by atoms with Gasteiger partial charge in [-0.05, 0) is 31.2 Å². The van der Waals surface area contributed by atoms with Gasteiger partial charge < -0.3 is 4.90 Å². The fraction of sp³-hybridized carbons (Fsp3) is 0.611. The van der Waals surface area contributed by atoms with Gasteiger partial charge in [-0.15, -0.1) is 0 Å². The first kappa shape index (κ1) is 18.0. The summed E-state index contributed by atoms with van der Waals surface area (Å²) in [6, 6.07) is 9.95. The highest BCUT2D eigenvalue weighted by molar-refractivity contribution is 7.91. The van der Waals surface area contributed by atoms with Crippen molar-refractivity contribution in [1.82, 2.24) is 4.90 Å². The zero-order valence-corrected chi connectivity index (χ0v) is 14.9. The van der Waals surface area contributed by atoms with Crippen LogP contribution in [0.1, 0.15) is 44.1 Å². The second-order valence-corrected chi connectivity index (χ2v) is 8.83. The first-order valence-electron chi connectivity index (χ1n) is 8.38. The summed E-state index contributed by atoms with van der Waals surface area (Å²) in [5, 5.41) is -0.403. The monoisotopic (exact) mass is 337 g/mol. The van der Waals surface area contributed by atoms with Gasteiger partial charge in [-0.1, -0.05) is 43.2 Å². The van der Waals surface area contributed by atoms with Crippen molar-refractivity contribution < 1.29 is 13.2 Å². The Hall–Kier alpha value is -1.36. The van der Waals surface area contributed by atoms with E-state index in [-0.39, 0.29) is 11.9 Å². The lowest BCUT2D eigenvalue weighted by atomic mass is 9.93. The second kappa shape index (κ2) is 7.95. The zero-order chi connectivity index (χ0) is 16.9. The molecule has 0 aromatic heterocycles. The molecule has 4 nitrogen and oxygen atoms in total. The summed E-state index contributed by atoms with van der Waals surface area (Å²) in [5.74, 6) is 0.0569. The predicted molar refractivity (Wildman–Crippen MR) is 93.0 cm³/mol. The Morgan fingerprint density at radius 2 is 1.83 bits per heavy atom. The van der Waals surface area contributed by atoms with Crippen LogP contribution in [0.2, 0.25) is 0 Å². The summed E-state index contributed by atoms with van der Waals surface area (Å²) < 4.78 is 24.0. The van der Waals surface area contributed by atoms with Crippen LogP contribution in [-0.4, -0.2) is 43.8 Å². The lowest BCUT2D eigenvalue weighted by Gasteiger charge is -2.37. The van der Waals surface area contributed by atoms with Crippen LogP contribution in [0.5, 0.6) is 0 Å². The lowest BCUT2D eigenvalue weighted by Crippen LogP contribution is -2.49. The molecule has 1 aliphatic carbocycles. The van der Waals surface area contributed by atoms with Gasteiger partial charge in [-0.2, -0.15) is 0 Å². The van der Waals surface area contributed by atoms with Gasteiger partial charge in [-0.3, -0.25) is 4.79 Å². The van der Waals surface area contributed by atoms with Crippen molar-refractivity contribution in [2.75, 3.05) is 13.3 Å². The van der Waals surface area contributed by atoms with Crippen molar-refractivity contribution in [2.45, 2.75) is 56.2 Å². The smallest absolute Gasteiger partial charge is 0.222 e. The fourth-order valence-corrected chi connectivity index (χ4v) is 4.95. The Labute approximate surface area is 139 Å². The Morgan fingerprint density at radius 1 is 1.17 bits per heavy atom. The molecule has 1 aromatic carbocycles. The highest BCUT2D eigenvalue weighted by Crippen LogP contribution is 2.28. The molecular formula is C18H27NO3S. The van der Waals surface area contributed by atoms with Crippen LogP contribution in [0.4, 0.5) is 0 Å². The molecule has 1 saturated carbocycles. The number of benzene rings is 1. The zero-order valence-electron chi connectivity index (χ0n) is 14.1. The van der Waals surface area contributed by atoms with E-state index in [0.29, 0.717) is 12.8 Å². The van der Waals surface area contributed by atoms with Crippen LogP contribution in [0.3, 0.4) is 0 Å². The van der Waals surface area contributed by atoms with Gasteiger partial charge in [0.15, 0.2) is 9.84 Å². The molecule has 0 radical (unpaired) electrons. The second-order valence-electron chi connectivity index (χ2n) is 6.56. The van der Waals surface area contributed by atoms with Gasteiger partial charge in [0.1, 0.15) is 0 Å². The SMILES string of the molecule is CN(C(=O)CCCc1ccccc1)C1CCCCC1S(C)(=O)=O. The molecule has 0 spiro atoms. The minimum atomic E-state index is -3.11. The Balaban J connectivity index is 1.90. The number of carbonyl (C=O) groups is 1. The molecule has 1 amide bonds. The molecule has 128 valence electrons. The van der Waals surface area contributed by atoms with Crippen molar-refractivity contribution in [3.63, 3.8) is 0 Å². The number of rotatable bonds is 6. The van der Waals surface area contributed by atoms with E-state index in [2.05, 4.69) is 12.1 Å². The molecule has 2 rings (SSSR count). The van der Waals surface area contributed by atoms with E-state index >= 15 is 0 Å². The number of aryl methyl sites for hydroxylation is 1. The van der Waals surface area contributed by atoms with Gasteiger partial charge in [0.05, 0.1) is 5.25 Å². The van der Waals surface area contributed by atoms with Crippen molar-refractivity contribution in [3.8, 4) is 0 Å². The molecule has 0 bridgehead atoms. The molecule has 1 aliphatic rings. The van der Waals surface area contributed by atoms with Crippen LogP contribution < -0.4 is 0 Å². The van der Waals surface area contributed by atoms with Crippen molar-refractivity contribution >= 4 is 15.7 Å². The van der Waals surface area contributed by atoms with Crippen LogP contribution in [0, 0.1) is 0 Å². The maximum Gasteiger partial charge on any atom is 0.222 e. The van der Waals surface area contributed by atoms with Crippen LogP contribution in [0.15, 0.2) is 30.3 Å². The normalized spacial score (nSPS) is 21.8. The number of nitrogens with zero attached hydrogens (tertiary/aromatic N) is 1. The molecule has 0 saturated heterocycles. The van der Waals surface area contributed by atoms with Crippen molar-refractivity contribution in [2.24, 2.45) is 0 Å². The molecule has 1 aromatic rings. The topological polar surface area (TPSA) is 54.5 Å². The first-order valence-corrected chi connectivity index (χ1v) is 10.3. The maximum atomic E-state index is 12.4. The minimum absolute atomic E-state index is 0.0569. The van der Waals surface area contributed by atoms with Crippen molar-refractivity contribution in [3.05, 3.63) is 35.9 Å². The van der Waals surface area contributed by atoms with Gasteiger partial charge in [0.2, 0.25) is 5.91 Å². The van der Waals surface area contributed by atoms with Gasteiger partial charge in [-0.25, -0.2) is 8.42 Å². The van der Waals surface area contributed by atoms with E-state index in [9.17, 15) is 13.2 Å². The van der Waals surface area contributed by atoms with Crippen LogP contribution in [-0.2, 0) is 21.1 Å². The van der Waals surface area contributed by atoms with E-state index in [0.717, 1.165) is 32.1 Å². The molecule has 0 N–H and O–H groups in total. The van der Waals surface area contributed by atoms with Gasteiger partial charge in [0, 0.05) is 25.8 Å². The Morgan fingerprint density at radius 3 is 2.48 bits per heavy atom. The van der Waals surface area contributed by atoms with Gasteiger partial charge in [0.25, 0.3) is 0 Å². The molecule has 1 fully saturated rings. The third-order valence-electron chi connectivity index (χ3n) is 4.81. The van der Waals surface area contributed by atoms with E-state index < -0.39 is 15.1 Å². The summed E-state index contributed by atoms with van der Waals surface area (Å²) in [7, 11) is -1.35. The van der Waals surface area contributed by atoms with E-state index in [1.54, 1.807) is 11.9 Å². The fourth-order valence-electron chi connectivity index (χ4n) is 3.47. The summed E-state index contributed by atoms with van der Waals surface area (Å²) in [6.45, 7) is 0. The van der Waals surface area contributed by atoms with Crippen LogP contribution in [0.25, 0.3) is 0 Å². The van der Waals surface area contributed by atoms with Crippen molar-refractivity contribution in [1.29, 1.82) is 0 Å². The Kier molecular flexibility index (Phi) is 6.22. The molecule has 2 atom stereocenters. The number of hydrogen-bond acceptors (Lipinski definition) is 3. The molecule has 5 heteroatoms. The highest BCUT2D eigenvalue weighted by atomic mass is 32.2. The summed E-state index contributed by atoms with van der Waals surface area (Å²) in [6.07, 6.45) is 6.83. The molecular weight excluding hydrogens is 310 g/mol. The number of hydrogen-bond donors (Lipinski definition) is 0. The van der Waals surface area contributed by atoms with Gasteiger partial charge >= 0.3 is 0 Å². The quantitative estimate of drug-likeness (QED) is 0.802. The highest BCUT2D eigenvalue weighted by Gasteiger charge is 2.36. The number of amides is 1. The summed E-state index contributed by atoms with van der Waals surface area (Å²) >= 11 is 0. The predicted octanol–water partition coefficient (Wildman–Crippen LogP) is 2.82. The molecule has 2 unspecified atom stereocenters. The minimum Gasteiger partial charge on any atom is -0.341 e. The molecule has 0 heterocycles. The Bertz CT molecular complexity index is 612. The summed E-state index contributed by atoms with van der Waals surface area (Å²) in [4.78, 5) is 14.1. The van der Waals surface area contributed by atoms with E-state index in [4.69, 9.17) is 0 Å². The van der Waals surface area contributed by atoms with E-state index in [1.807, 2.05) is 18.2 Å². The average Bonchev–Trinajstić information content (AvgIpc) is 2.54. The molecule has 0 aliphatic heterocycles. The molecule has 23 heavy (non-hydrogen) atoms. The average molecular weight is 337 g/mol. The maximum absolute atomic E-state index is 12.4. The van der Waals surface area contributed by atoms with Crippen LogP contribution >= 0.6 is 0 Å². The number of carbonyl (C=O) groups excluding carboxylic acids is 1. The first-order chi connectivity index (χ1) is 10.9. The lowest BCUT2D eigenvalue weighted by molar-refractivity contribution is -0.132. The third kappa shape index (κ3) is 5.06. The standard InChI is InChI=1S/C18H27NO3S/c1-19(16-12-6-7-13-17(16)23(2,21)22)18(20)14-8-11-15-9-4-3-5-10-15/h3-5,9-10,16-17H,6-8,11-14H2,1-2H3. The largest absolute Gasteiger partial charge is 0.341 e. The third-order valence-corrected chi connectivity index (χ3v) is 6.46. The van der Waals surface area contributed by atoms with E-state index in [1.165, 1.54) is 11.8 Å². The number of sulfone groups is 1. The summed E-state index contributed by atoms with van der Waals surface area (Å²) in [5.41, 5.74) is 1.23.